The zero-order valence-corrected chi connectivity index (χ0v) is 6.04. The zero-order valence-electron chi connectivity index (χ0n) is 6.04. The molecule has 0 aromatic heterocycles. The summed E-state index contributed by atoms with van der Waals surface area (Å²) in [7, 11) is 0. The second-order valence-electron chi connectivity index (χ2n) is 2.19. The van der Waals surface area contributed by atoms with Crippen LogP contribution in [0, 0.1) is 5.92 Å². The van der Waals surface area contributed by atoms with E-state index in [4.69, 9.17) is 0 Å². The third kappa shape index (κ3) is 3.21. The maximum absolute atomic E-state index is 11.7. The summed E-state index contributed by atoms with van der Waals surface area (Å²) in [5.74, 6) is -6.05. The molecule has 0 spiro atoms. The molecular formula is C5H5F6NO. The van der Waals surface area contributed by atoms with Gasteiger partial charge in [0.1, 0.15) is 0 Å². The van der Waals surface area contributed by atoms with Gasteiger partial charge in [0.05, 0.1) is 6.54 Å². The SMILES string of the molecule is NCC(=O)C(C(F)(F)F)C(F)(F)F. The Balaban J connectivity index is 4.89. The van der Waals surface area contributed by atoms with Crippen molar-refractivity contribution < 1.29 is 31.1 Å². The summed E-state index contributed by atoms with van der Waals surface area (Å²) in [5.41, 5.74) is 4.42. The predicted octanol–water partition coefficient (Wildman–Crippen LogP) is 1.26. The largest absolute Gasteiger partial charge is 0.407 e. The summed E-state index contributed by atoms with van der Waals surface area (Å²) in [6, 6.07) is 0. The maximum atomic E-state index is 11.7. The van der Waals surface area contributed by atoms with Gasteiger partial charge in [0.2, 0.25) is 5.92 Å². The first kappa shape index (κ1) is 12.2. The molecule has 0 saturated carbocycles. The Morgan fingerprint density at radius 1 is 1.08 bits per heavy atom. The lowest BCUT2D eigenvalue weighted by Crippen LogP contribution is -2.44. The van der Waals surface area contributed by atoms with Crippen molar-refractivity contribution in [1.29, 1.82) is 0 Å². The van der Waals surface area contributed by atoms with Crippen molar-refractivity contribution in [3.63, 3.8) is 0 Å². The Bertz CT molecular complexity index is 180. The van der Waals surface area contributed by atoms with E-state index in [9.17, 15) is 31.1 Å². The number of carbonyl (C=O) groups is 1. The van der Waals surface area contributed by atoms with Crippen LogP contribution in [0.5, 0.6) is 0 Å². The summed E-state index contributed by atoms with van der Waals surface area (Å²) in [5, 5.41) is 0. The predicted molar refractivity (Wildman–Crippen MR) is 29.7 cm³/mol. The second-order valence-corrected chi connectivity index (χ2v) is 2.19. The molecule has 0 aromatic carbocycles. The highest BCUT2D eigenvalue weighted by atomic mass is 19.4. The monoisotopic (exact) mass is 209 g/mol. The van der Waals surface area contributed by atoms with Gasteiger partial charge in [0.15, 0.2) is 5.78 Å². The number of Topliss-reactive ketones (excluding diaryl/α,β-unsaturated/α-hetero) is 1. The molecule has 78 valence electrons. The fourth-order valence-corrected chi connectivity index (χ4v) is 0.669. The minimum absolute atomic E-state index is 1.29. The molecule has 0 atom stereocenters. The number of halogens is 6. The van der Waals surface area contributed by atoms with Crippen LogP contribution in [0.1, 0.15) is 0 Å². The van der Waals surface area contributed by atoms with Crippen LogP contribution in [0.2, 0.25) is 0 Å². The van der Waals surface area contributed by atoms with Crippen LogP contribution in [0.25, 0.3) is 0 Å². The molecule has 0 aliphatic rings. The number of rotatable bonds is 2. The number of alkyl halides is 6. The molecule has 0 aliphatic carbocycles. The molecule has 0 aromatic rings. The molecule has 0 radical (unpaired) electrons. The van der Waals surface area contributed by atoms with Gasteiger partial charge in [-0.05, 0) is 0 Å². The van der Waals surface area contributed by atoms with Crippen LogP contribution in [-0.4, -0.2) is 24.7 Å². The van der Waals surface area contributed by atoms with Crippen molar-refractivity contribution in [1.82, 2.24) is 0 Å². The molecule has 2 N–H and O–H groups in total. The summed E-state index contributed by atoms with van der Waals surface area (Å²) < 4.78 is 69.9. The Hall–Kier alpha value is -0.790. The molecule has 13 heavy (non-hydrogen) atoms. The quantitative estimate of drug-likeness (QED) is 0.695. The first-order chi connectivity index (χ1) is 5.60. The number of hydrogen-bond acceptors (Lipinski definition) is 2. The summed E-state index contributed by atoms with van der Waals surface area (Å²) in [4.78, 5) is 10.2. The average Bonchev–Trinajstić information content (AvgIpc) is 1.80. The van der Waals surface area contributed by atoms with E-state index in [0.717, 1.165) is 0 Å². The Morgan fingerprint density at radius 3 is 1.46 bits per heavy atom. The molecule has 0 bridgehead atoms. The number of carbonyl (C=O) groups excluding carboxylic acids is 1. The summed E-state index contributed by atoms with van der Waals surface area (Å²) >= 11 is 0. The van der Waals surface area contributed by atoms with Crippen LogP contribution in [0.4, 0.5) is 26.3 Å². The van der Waals surface area contributed by atoms with Gasteiger partial charge in [-0.25, -0.2) is 0 Å². The Morgan fingerprint density at radius 2 is 1.38 bits per heavy atom. The second kappa shape index (κ2) is 3.52. The molecular weight excluding hydrogens is 204 g/mol. The highest BCUT2D eigenvalue weighted by Crippen LogP contribution is 2.39. The number of nitrogens with two attached hydrogens (primary N) is 1. The minimum Gasteiger partial charge on any atom is -0.324 e. The molecule has 0 unspecified atom stereocenters. The molecule has 0 amide bonds. The van der Waals surface area contributed by atoms with Gasteiger partial charge in [-0.2, -0.15) is 26.3 Å². The average molecular weight is 209 g/mol. The highest BCUT2D eigenvalue weighted by molar-refractivity contribution is 5.84. The lowest BCUT2D eigenvalue weighted by atomic mass is 10.0. The van der Waals surface area contributed by atoms with Crippen LogP contribution in [0.3, 0.4) is 0 Å². The van der Waals surface area contributed by atoms with Crippen molar-refractivity contribution in [2.75, 3.05) is 6.54 Å². The van der Waals surface area contributed by atoms with E-state index in [2.05, 4.69) is 5.73 Å². The van der Waals surface area contributed by atoms with Gasteiger partial charge in [-0.3, -0.25) is 4.79 Å². The Kier molecular flexibility index (Phi) is 3.31. The van der Waals surface area contributed by atoms with E-state index in [0.29, 0.717) is 0 Å². The van der Waals surface area contributed by atoms with Gasteiger partial charge in [-0.15, -0.1) is 0 Å². The van der Waals surface area contributed by atoms with Gasteiger partial charge < -0.3 is 5.73 Å². The van der Waals surface area contributed by atoms with Crippen molar-refractivity contribution in [2.24, 2.45) is 11.7 Å². The van der Waals surface area contributed by atoms with E-state index in [1.54, 1.807) is 0 Å². The van der Waals surface area contributed by atoms with Crippen LogP contribution in [0.15, 0.2) is 0 Å². The van der Waals surface area contributed by atoms with E-state index < -0.39 is 30.6 Å². The van der Waals surface area contributed by atoms with E-state index in [-0.39, 0.29) is 0 Å². The molecule has 0 saturated heterocycles. The fraction of sp³-hybridized carbons (Fsp3) is 0.800. The van der Waals surface area contributed by atoms with E-state index in [1.807, 2.05) is 0 Å². The number of hydrogen-bond donors (Lipinski definition) is 1. The van der Waals surface area contributed by atoms with Crippen molar-refractivity contribution in [3.8, 4) is 0 Å². The summed E-state index contributed by atoms with van der Waals surface area (Å²) in [6.45, 7) is -1.29. The standard InChI is InChI=1S/C5H5F6NO/c6-4(7,8)3(2(13)1-12)5(9,10)11/h3H,1,12H2. The van der Waals surface area contributed by atoms with E-state index >= 15 is 0 Å². The maximum Gasteiger partial charge on any atom is 0.407 e. The topological polar surface area (TPSA) is 43.1 Å². The highest BCUT2D eigenvalue weighted by Gasteiger charge is 2.60. The smallest absolute Gasteiger partial charge is 0.324 e. The summed E-state index contributed by atoms with van der Waals surface area (Å²) in [6.07, 6.45) is -11.3. The molecule has 8 heteroatoms. The third-order valence-corrected chi connectivity index (χ3v) is 1.18. The zero-order chi connectivity index (χ0) is 10.9. The van der Waals surface area contributed by atoms with Crippen LogP contribution < -0.4 is 5.73 Å². The van der Waals surface area contributed by atoms with Crippen LogP contribution >= 0.6 is 0 Å². The van der Waals surface area contributed by atoms with Gasteiger partial charge in [0.25, 0.3) is 0 Å². The molecule has 0 heterocycles. The molecule has 0 aliphatic heterocycles. The molecule has 2 nitrogen and oxygen atoms in total. The fourth-order valence-electron chi connectivity index (χ4n) is 0.669. The van der Waals surface area contributed by atoms with Gasteiger partial charge in [0, 0.05) is 0 Å². The molecule has 0 fully saturated rings. The lowest BCUT2D eigenvalue weighted by Gasteiger charge is -2.20. The Labute approximate surface area is 68.7 Å². The van der Waals surface area contributed by atoms with Gasteiger partial charge >= 0.3 is 12.4 Å². The van der Waals surface area contributed by atoms with Gasteiger partial charge in [-0.1, -0.05) is 0 Å². The lowest BCUT2D eigenvalue weighted by molar-refractivity contribution is -0.273. The molecule has 0 rings (SSSR count). The first-order valence-corrected chi connectivity index (χ1v) is 2.97. The minimum atomic E-state index is -5.63. The van der Waals surface area contributed by atoms with E-state index in [1.165, 1.54) is 0 Å². The third-order valence-electron chi connectivity index (χ3n) is 1.18. The normalized spacial score (nSPS) is 13.5. The number of ketones is 1. The van der Waals surface area contributed by atoms with Crippen LogP contribution in [-0.2, 0) is 4.79 Å². The first-order valence-electron chi connectivity index (χ1n) is 2.97. The van der Waals surface area contributed by atoms with Crippen molar-refractivity contribution >= 4 is 5.78 Å². The van der Waals surface area contributed by atoms with Crippen molar-refractivity contribution in [3.05, 3.63) is 0 Å². The van der Waals surface area contributed by atoms with Crippen molar-refractivity contribution in [2.45, 2.75) is 12.4 Å².